The summed E-state index contributed by atoms with van der Waals surface area (Å²) in [6, 6.07) is 4.87. The molecule has 1 atom stereocenters. The maximum absolute atomic E-state index is 14.2. The average Bonchev–Trinajstić information content (AvgIpc) is 3.30. The Kier molecular flexibility index (Phi) is 4.12. The van der Waals surface area contributed by atoms with Gasteiger partial charge in [0.2, 0.25) is 0 Å². The lowest BCUT2D eigenvalue weighted by atomic mass is 10.1. The minimum absolute atomic E-state index is 0.162. The average molecular weight is 354 g/mol. The summed E-state index contributed by atoms with van der Waals surface area (Å²) >= 11 is 0. The SMILES string of the molecule is Cc1cn2cc(-c3ccc(C(=O)N(C)C4CCNC4)nn3)cc(F)c2n1. The number of nitrogens with one attached hydrogen (secondary N) is 1. The van der Waals surface area contributed by atoms with Gasteiger partial charge in [-0.3, -0.25) is 4.79 Å². The van der Waals surface area contributed by atoms with Gasteiger partial charge in [-0.05, 0) is 38.1 Å². The normalized spacial score (nSPS) is 17.0. The van der Waals surface area contributed by atoms with Crippen molar-refractivity contribution in [1.82, 2.24) is 29.8 Å². The molecule has 0 saturated carbocycles. The zero-order valence-electron chi connectivity index (χ0n) is 14.6. The van der Waals surface area contributed by atoms with E-state index in [-0.39, 0.29) is 23.3 Å². The third-order valence-corrected chi connectivity index (χ3v) is 4.71. The molecule has 4 rings (SSSR count). The summed E-state index contributed by atoms with van der Waals surface area (Å²) in [6.45, 7) is 3.51. The van der Waals surface area contributed by atoms with Gasteiger partial charge >= 0.3 is 0 Å². The van der Waals surface area contributed by atoms with Crippen molar-refractivity contribution in [2.75, 3.05) is 20.1 Å². The number of hydrogen-bond acceptors (Lipinski definition) is 5. The Labute approximate surface area is 149 Å². The second kappa shape index (κ2) is 6.45. The van der Waals surface area contributed by atoms with Gasteiger partial charge in [0.15, 0.2) is 17.2 Å². The van der Waals surface area contributed by atoms with Crippen molar-refractivity contribution in [3.05, 3.63) is 47.8 Å². The summed E-state index contributed by atoms with van der Waals surface area (Å²) in [6.07, 6.45) is 4.43. The zero-order valence-corrected chi connectivity index (χ0v) is 14.6. The number of carbonyl (C=O) groups excluding carboxylic acids is 1. The monoisotopic (exact) mass is 354 g/mol. The van der Waals surface area contributed by atoms with Gasteiger partial charge in [-0.1, -0.05) is 0 Å². The molecular formula is C18H19FN6O. The number of pyridine rings is 1. The van der Waals surface area contributed by atoms with E-state index in [4.69, 9.17) is 0 Å². The molecule has 0 bridgehead atoms. The van der Waals surface area contributed by atoms with Crippen molar-refractivity contribution in [2.24, 2.45) is 0 Å². The molecule has 134 valence electrons. The number of fused-ring (bicyclic) bond motifs is 1. The van der Waals surface area contributed by atoms with E-state index in [1.807, 2.05) is 6.92 Å². The summed E-state index contributed by atoms with van der Waals surface area (Å²) in [5.74, 6) is -0.587. The molecule has 8 heteroatoms. The maximum Gasteiger partial charge on any atom is 0.274 e. The first-order valence-corrected chi connectivity index (χ1v) is 8.50. The fraction of sp³-hybridized carbons (Fsp3) is 0.333. The molecule has 3 aromatic rings. The standard InChI is InChI=1S/C18H19FN6O/c1-11-9-25-10-12(7-14(19)17(25)21-11)15-3-4-16(23-22-15)18(26)24(2)13-5-6-20-8-13/h3-4,7,9-10,13,20H,5-6,8H2,1-2H3. The number of halogens is 1. The minimum Gasteiger partial charge on any atom is -0.336 e. The van der Waals surface area contributed by atoms with Gasteiger partial charge in [0.1, 0.15) is 0 Å². The highest BCUT2D eigenvalue weighted by molar-refractivity contribution is 5.92. The lowest BCUT2D eigenvalue weighted by Gasteiger charge is -2.23. The van der Waals surface area contributed by atoms with Crippen molar-refractivity contribution in [2.45, 2.75) is 19.4 Å². The predicted octanol–water partition coefficient (Wildman–Crippen LogP) is 1.67. The Balaban J connectivity index is 1.60. The summed E-state index contributed by atoms with van der Waals surface area (Å²) in [5.41, 5.74) is 2.37. The number of rotatable bonds is 3. The van der Waals surface area contributed by atoms with Crippen LogP contribution in [0.15, 0.2) is 30.6 Å². The number of hydrogen-bond donors (Lipinski definition) is 1. The Bertz CT molecular complexity index is 962. The van der Waals surface area contributed by atoms with Crippen LogP contribution in [0.25, 0.3) is 16.9 Å². The van der Waals surface area contributed by atoms with Crippen LogP contribution < -0.4 is 5.32 Å². The number of aryl methyl sites for hydroxylation is 1. The van der Waals surface area contributed by atoms with E-state index in [2.05, 4.69) is 20.5 Å². The Morgan fingerprint density at radius 1 is 1.35 bits per heavy atom. The molecule has 0 aromatic carbocycles. The number of likely N-dealkylation sites (N-methyl/N-ethyl adjacent to an activating group) is 1. The molecular weight excluding hydrogens is 335 g/mol. The fourth-order valence-electron chi connectivity index (χ4n) is 3.24. The topological polar surface area (TPSA) is 75.4 Å². The van der Waals surface area contributed by atoms with Crippen LogP contribution in [0.4, 0.5) is 4.39 Å². The maximum atomic E-state index is 14.2. The molecule has 0 aliphatic carbocycles. The zero-order chi connectivity index (χ0) is 18.3. The van der Waals surface area contributed by atoms with Crippen molar-refractivity contribution in [3.8, 4) is 11.3 Å². The van der Waals surface area contributed by atoms with Crippen LogP contribution in [-0.2, 0) is 0 Å². The van der Waals surface area contributed by atoms with Crippen LogP contribution in [0, 0.1) is 12.7 Å². The fourth-order valence-corrected chi connectivity index (χ4v) is 3.24. The molecule has 1 N–H and O–H groups in total. The summed E-state index contributed by atoms with van der Waals surface area (Å²) < 4.78 is 15.9. The molecule has 1 fully saturated rings. The molecule has 3 aromatic heterocycles. The molecule has 26 heavy (non-hydrogen) atoms. The van der Waals surface area contributed by atoms with Crippen LogP contribution in [0.3, 0.4) is 0 Å². The Morgan fingerprint density at radius 3 is 2.88 bits per heavy atom. The first kappa shape index (κ1) is 16.6. The summed E-state index contributed by atoms with van der Waals surface area (Å²) in [5, 5.41) is 11.4. The quantitative estimate of drug-likeness (QED) is 0.774. The van der Waals surface area contributed by atoms with Gasteiger partial charge < -0.3 is 14.6 Å². The van der Waals surface area contributed by atoms with E-state index in [0.29, 0.717) is 11.3 Å². The Morgan fingerprint density at radius 2 is 2.19 bits per heavy atom. The van der Waals surface area contributed by atoms with Crippen LogP contribution in [0.1, 0.15) is 22.6 Å². The van der Waals surface area contributed by atoms with Gasteiger partial charge in [0.25, 0.3) is 5.91 Å². The highest BCUT2D eigenvalue weighted by Crippen LogP contribution is 2.21. The van der Waals surface area contributed by atoms with Gasteiger partial charge in [-0.25, -0.2) is 9.37 Å². The summed E-state index contributed by atoms with van der Waals surface area (Å²) in [7, 11) is 1.78. The van der Waals surface area contributed by atoms with Crippen molar-refractivity contribution >= 4 is 11.6 Å². The first-order valence-electron chi connectivity index (χ1n) is 8.50. The lowest BCUT2D eigenvalue weighted by Crippen LogP contribution is -2.38. The van der Waals surface area contributed by atoms with Crippen LogP contribution in [-0.4, -0.2) is 56.6 Å². The third kappa shape index (κ3) is 2.92. The molecule has 1 aliphatic rings. The molecule has 0 radical (unpaired) electrons. The first-order chi connectivity index (χ1) is 12.5. The van der Waals surface area contributed by atoms with Gasteiger partial charge in [0, 0.05) is 37.6 Å². The largest absolute Gasteiger partial charge is 0.336 e. The van der Waals surface area contributed by atoms with E-state index in [9.17, 15) is 9.18 Å². The predicted molar refractivity (Wildman–Crippen MR) is 94.3 cm³/mol. The molecule has 1 aliphatic heterocycles. The van der Waals surface area contributed by atoms with E-state index in [1.54, 1.807) is 40.9 Å². The molecule has 1 saturated heterocycles. The van der Waals surface area contributed by atoms with Gasteiger partial charge in [-0.15, -0.1) is 10.2 Å². The molecule has 1 unspecified atom stereocenters. The van der Waals surface area contributed by atoms with E-state index < -0.39 is 5.82 Å². The van der Waals surface area contributed by atoms with Crippen LogP contribution in [0.5, 0.6) is 0 Å². The Hall–Kier alpha value is -2.87. The highest BCUT2D eigenvalue weighted by Gasteiger charge is 2.25. The van der Waals surface area contributed by atoms with E-state index in [0.717, 1.165) is 25.2 Å². The van der Waals surface area contributed by atoms with Crippen LogP contribution in [0.2, 0.25) is 0 Å². The van der Waals surface area contributed by atoms with Crippen molar-refractivity contribution in [1.29, 1.82) is 0 Å². The lowest BCUT2D eigenvalue weighted by molar-refractivity contribution is 0.0736. The number of aromatic nitrogens is 4. The number of nitrogens with zero attached hydrogens (tertiary/aromatic N) is 5. The third-order valence-electron chi connectivity index (χ3n) is 4.71. The number of amides is 1. The number of carbonyl (C=O) groups is 1. The second-order valence-corrected chi connectivity index (χ2v) is 6.56. The molecule has 7 nitrogen and oxygen atoms in total. The number of imidazole rings is 1. The molecule has 0 spiro atoms. The van der Waals surface area contributed by atoms with Crippen molar-refractivity contribution < 1.29 is 9.18 Å². The van der Waals surface area contributed by atoms with Gasteiger partial charge in [-0.2, -0.15) is 0 Å². The van der Waals surface area contributed by atoms with Gasteiger partial charge in [0.05, 0.1) is 11.4 Å². The summed E-state index contributed by atoms with van der Waals surface area (Å²) in [4.78, 5) is 18.4. The van der Waals surface area contributed by atoms with Crippen LogP contribution >= 0.6 is 0 Å². The molecule has 4 heterocycles. The van der Waals surface area contributed by atoms with Crippen molar-refractivity contribution in [3.63, 3.8) is 0 Å². The minimum atomic E-state index is -0.425. The highest BCUT2D eigenvalue weighted by atomic mass is 19.1. The van der Waals surface area contributed by atoms with E-state index in [1.165, 1.54) is 6.07 Å². The second-order valence-electron chi connectivity index (χ2n) is 6.56. The molecule has 1 amide bonds. The van der Waals surface area contributed by atoms with E-state index >= 15 is 0 Å². The smallest absolute Gasteiger partial charge is 0.274 e.